The lowest BCUT2D eigenvalue weighted by molar-refractivity contribution is -0.121. The van der Waals surface area contributed by atoms with Crippen molar-refractivity contribution in [2.45, 2.75) is 32.2 Å². The van der Waals surface area contributed by atoms with Crippen LogP contribution in [0.15, 0.2) is 72.1 Å². The fraction of sp³-hybridized carbons (Fsp3) is 0.250. The van der Waals surface area contributed by atoms with Crippen LogP contribution in [-0.4, -0.2) is 18.4 Å². The van der Waals surface area contributed by atoms with Crippen molar-refractivity contribution < 1.29 is 9.59 Å². The molecule has 5 heteroatoms. The first-order chi connectivity index (χ1) is 14.2. The number of amides is 2. The Morgan fingerprint density at radius 1 is 0.966 bits per heavy atom. The lowest BCUT2D eigenvalue weighted by Gasteiger charge is -2.18. The fourth-order valence-electron chi connectivity index (χ4n) is 3.10. The van der Waals surface area contributed by atoms with Gasteiger partial charge in [0, 0.05) is 23.4 Å². The molecule has 4 nitrogen and oxygen atoms in total. The quantitative estimate of drug-likeness (QED) is 0.505. The third-order valence-corrected chi connectivity index (χ3v) is 5.69. The number of nitrogens with one attached hydrogen (secondary N) is 2. The molecule has 3 aromatic rings. The Morgan fingerprint density at radius 3 is 2.38 bits per heavy atom. The van der Waals surface area contributed by atoms with E-state index in [-0.39, 0.29) is 17.9 Å². The van der Waals surface area contributed by atoms with Crippen LogP contribution in [0.1, 0.15) is 52.2 Å². The van der Waals surface area contributed by atoms with Gasteiger partial charge in [-0.25, -0.2) is 0 Å². The van der Waals surface area contributed by atoms with Gasteiger partial charge in [0.25, 0.3) is 5.91 Å². The van der Waals surface area contributed by atoms with Gasteiger partial charge in [-0.15, -0.1) is 11.3 Å². The highest BCUT2D eigenvalue weighted by atomic mass is 32.1. The molecule has 0 aliphatic carbocycles. The van der Waals surface area contributed by atoms with E-state index >= 15 is 0 Å². The van der Waals surface area contributed by atoms with Gasteiger partial charge in [-0.3, -0.25) is 9.59 Å². The Morgan fingerprint density at radius 2 is 1.72 bits per heavy atom. The van der Waals surface area contributed by atoms with E-state index in [2.05, 4.69) is 41.8 Å². The van der Waals surface area contributed by atoms with E-state index in [1.165, 1.54) is 5.56 Å². The minimum absolute atomic E-state index is 0.0167. The molecule has 0 fully saturated rings. The molecule has 3 rings (SSSR count). The number of benzene rings is 2. The van der Waals surface area contributed by atoms with Crippen molar-refractivity contribution in [1.82, 2.24) is 10.6 Å². The average molecular weight is 407 g/mol. The maximum Gasteiger partial charge on any atom is 0.251 e. The molecule has 1 heterocycles. The summed E-state index contributed by atoms with van der Waals surface area (Å²) in [6, 6.07) is 21.4. The van der Waals surface area contributed by atoms with Gasteiger partial charge in [0.2, 0.25) is 5.91 Å². The Hall–Kier alpha value is -2.92. The smallest absolute Gasteiger partial charge is 0.251 e. The zero-order valence-electron chi connectivity index (χ0n) is 16.6. The second-order valence-corrected chi connectivity index (χ2v) is 7.82. The van der Waals surface area contributed by atoms with Crippen LogP contribution in [0.3, 0.4) is 0 Å². The van der Waals surface area contributed by atoms with E-state index in [1.807, 2.05) is 35.7 Å². The molecule has 29 heavy (non-hydrogen) atoms. The van der Waals surface area contributed by atoms with Crippen LogP contribution < -0.4 is 10.6 Å². The maximum absolute atomic E-state index is 12.5. The number of rotatable bonds is 9. The van der Waals surface area contributed by atoms with Crippen molar-refractivity contribution in [3.63, 3.8) is 0 Å². The first kappa shape index (κ1) is 20.8. The van der Waals surface area contributed by atoms with Gasteiger partial charge in [0.15, 0.2) is 0 Å². The molecule has 0 aliphatic rings. The van der Waals surface area contributed by atoms with Crippen molar-refractivity contribution in [3.05, 3.63) is 93.7 Å². The van der Waals surface area contributed by atoms with Crippen LogP contribution >= 0.6 is 11.3 Å². The van der Waals surface area contributed by atoms with Crippen LogP contribution in [0.4, 0.5) is 0 Å². The summed E-state index contributed by atoms with van der Waals surface area (Å²) in [6.45, 7) is 2.60. The largest absolute Gasteiger partial charge is 0.352 e. The summed E-state index contributed by atoms with van der Waals surface area (Å²) in [4.78, 5) is 25.7. The molecule has 2 amide bonds. The maximum atomic E-state index is 12.5. The zero-order chi connectivity index (χ0) is 20.5. The van der Waals surface area contributed by atoms with E-state index < -0.39 is 0 Å². The molecule has 1 aromatic heterocycles. The minimum Gasteiger partial charge on any atom is -0.352 e. The third-order valence-electron chi connectivity index (χ3n) is 4.76. The molecule has 1 unspecified atom stereocenters. The Balaban J connectivity index is 1.53. The Bertz CT molecular complexity index is 906. The summed E-state index contributed by atoms with van der Waals surface area (Å²) in [5, 5.41) is 8.04. The molecular formula is C24H26N2O2S. The number of thiophene rings is 1. The van der Waals surface area contributed by atoms with E-state index in [0.29, 0.717) is 24.9 Å². The number of hydrogen-bond donors (Lipinski definition) is 2. The predicted molar refractivity (Wildman–Crippen MR) is 118 cm³/mol. The standard InChI is InChI=1S/C24H26N2O2S/c1-2-18-12-14-19(15-13-18)23(21-10-7-17-29-21)26-22(27)11-6-16-25-24(28)20-8-4-3-5-9-20/h3-5,7-10,12-15,17,23H,2,6,11,16H2,1H3,(H,25,28)(H,26,27). The first-order valence-corrected chi connectivity index (χ1v) is 10.8. The number of carbonyl (C=O) groups is 2. The summed E-state index contributed by atoms with van der Waals surface area (Å²) in [5.74, 6) is -0.129. The molecule has 0 saturated carbocycles. The number of carbonyl (C=O) groups excluding carboxylic acids is 2. The predicted octanol–water partition coefficient (Wildman–Crippen LogP) is 4.73. The molecule has 0 aliphatic heterocycles. The topological polar surface area (TPSA) is 58.2 Å². The minimum atomic E-state index is -0.146. The van der Waals surface area contributed by atoms with Gasteiger partial charge in [-0.1, -0.05) is 55.5 Å². The molecule has 2 aromatic carbocycles. The van der Waals surface area contributed by atoms with Crippen molar-refractivity contribution in [2.24, 2.45) is 0 Å². The monoisotopic (exact) mass is 406 g/mol. The first-order valence-electron chi connectivity index (χ1n) is 9.92. The molecule has 0 saturated heterocycles. The molecule has 0 bridgehead atoms. The van der Waals surface area contributed by atoms with Gasteiger partial charge < -0.3 is 10.6 Å². The van der Waals surface area contributed by atoms with E-state index in [9.17, 15) is 9.59 Å². The average Bonchev–Trinajstić information content (AvgIpc) is 3.30. The van der Waals surface area contributed by atoms with E-state index in [1.54, 1.807) is 23.5 Å². The van der Waals surface area contributed by atoms with Crippen molar-refractivity contribution in [2.75, 3.05) is 6.54 Å². The summed E-state index contributed by atoms with van der Waals surface area (Å²) >= 11 is 1.64. The molecule has 0 spiro atoms. The van der Waals surface area contributed by atoms with Crippen molar-refractivity contribution in [3.8, 4) is 0 Å². The van der Waals surface area contributed by atoms with Crippen LogP contribution in [0.25, 0.3) is 0 Å². The summed E-state index contributed by atoms with van der Waals surface area (Å²) in [5.41, 5.74) is 2.99. The van der Waals surface area contributed by atoms with Gasteiger partial charge in [0.05, 0.1) is 6.04 Å². The molecule has 0 radical (unpaired) electrons. The normalized spacial score (nSPS) is 11.6. The van der Waals surface area contributed by atoms with Gasteiger partial charge in [-0.05, 0) is 47.5 Å². The highest BCUT2D eigenvalue weighted by Gasteiger charge is 2.17. The van der Waals surface area contributed by atoms with Crippen molar-refractivity contribution in [1.29, 1.82) is 0 Å². The summed E-state index contributed by atoms with van der Waals surface area (Å²) < 4.78 is 0. The third kappa shape index (κ3) is 6.03. The summed E-state index contributed by atoms with van der Waals surface area (Å²) in [6.07, 6.45) is 1.95. The van der Waals surface area contributed by atoms with Gasteiger partial charge in [-0.2, -0.15) is 0 Å². The lowest BCUT2D eigenvalue weighted by Crippen LogP contribution is -2.30. The fourth-order valence-corrected chi connectivity index (χ4v) is 3.90. The Kier molecular flexibility index (Phi) is 7.59. The van der Waals surface area contributed by atoms with Crippen LogP contribution in [0.2, 0.25) is 0 Å². The second-order valence-electron chi connectivity index (χ2n) is 6.84. The van der Waals surface area contributed by atoms with Crippen LogP contribution in [0, 0.1) is 0 Å². The van der Waals surface area contributed by atoms with Gasteiger partial charge >= 0.3 is 0 Å². The number of aryl methyl sites for hydroxylation is 1. The van der Waals surface area contributed by atoms with Crippen LogP contribution in [0.5, 0.6) is 0 Å². The molecular weight excluding hydrogens is 380 g/mol. The highest BCUT2D eigenvalue weighted by Crippen LogP contribution is 2.26. The molecule has 150 valence electrons. The second kappa shape index (κ2) is 10.6. The van der Waals surface area contributed by atoms with E-state index in [4.69, 9.17) is 0 Å². The van der Waals surface area contributed by atoms with Gasteiger partial charge in [0.1, 0.15) is 0 Å². The van der Waals surface area contributed by atoms with Crippen molar-refractivity contribution >= 4 is 23.2 Å². The molecule has 2 N–H and O–H groups in total. The zero-order valence-corrected chi connectivity index (χ0v) is 17.4. The highest BCUT2D eigenvalue weighted by molar-refractivity contribution is 7.10. The van der Waals surface area contributed by atoms with E-state index in [0.717, 1.165) is 16.9 Å². The Labute approximate surface area is 176 Å². The summed E-state index contributed by atoms with van der Waals surface area (Å²) in [7, 11) is 0. The lowest BCUT2D eigenvalue weighted by atomic mass is 10.0. The molecule has 1 atom stereocenters. The number of hydrogen-bond acceptors (Lipinski definition) is 3. The van der Waals surface area contributed by atoms with Crippen LogP contribution in [-0.2, 0) is 11.2 Å². The SMILES string of the molecule is CCc1ccc(C(NC(=O)CCCNC(=O)c2ccccc2)c2cccs2)cc1.